The standard InChI is InChI=1S/C12H12N2O4S/c1-2-18-12(15)9-8-11(14-13)19(16,17)10-6-4-3-5-7-10/h3-9H,2H2,1H3/b9-8+. The number of esters is 1. The van der Waals surface area contributed by atoms with E-state index in [4.69, 9.17) is 5.53 Å². The molecule has 0 unspecified atom stereocenters. The lowest BCUT2D eigenvalue weighted by atomic mass is 10.4. The number of sulfone groups is 1. The molecule has 0 aliphatic heterocycles. The van der Waals surface area contributed by atoms with E-state index in [0.29, 0.717) is 0 Å². The van der Waals surface area contributed by atoms with Crippen LogP contribution in [0, 0.1) is 0 Å². The first-order valence-electron chi connectivity index (χ1n) is 5.39. The quantitative estimate of drug-likeness (QED) is 0.207. The van der Waals surface area contributed by atoms with Crippen molar-refractivity contribution in [2.24, 2.45) is 0 Å². The van der Waals surface area contributed by atoms with E-state index in [-0.39, 0.29) is 11.5 Å². The second-order valence-electron chi connectivity index (χ2n) is 3.34. The minimum atomic E-state index is -3.96. The minimum absolute atomic E-state index is 0.0312. The Kier molecular flexibility index (Phi) is 5.17. The second kappa shape index (κ2) is 6.63. The number of benzene rings is 1. The van der Waals surface area contributed by atoms with E-state index in [1.54, 1.807) is 13.0 Å². The summed E-state index contributed by atoms with van der Waals surface area (Å²) in [4.78, 5) is 13.8. The van der Waals surface area contributed by atoms with E-state index in [1.165, 1.54) is 24.3 Å². The van der Waals surface area contributed by atoms with Crippen LogP contribution in [0.5, 0.6) is 0 Å². The summed E-state index contributed by atoms with van der Waals surface area (Å²) in [6.45, 7) is 1.79. The van der Waals surface area contributed by atoms with Crippen LogP contribution in [0.1, 0.15) is 6.92 Å². The Morgan fingerprint density at radius 3 is 2.47 bits per heavy atom. The van der Waals surface area contributed by atoms with Crippen molar-refractivity contribution in [2.75, 3.05) is 6.61 Å². The van der Waals surface area contributed by atoms with Crippen LogP contribution in [0.15, 0.2) is 47.4 Å². The highest BCUT2D eigenvalue weighted by atomic mass is 32.2. The Labute approximate surface area is 110 Å². The van der Waals surface area contributed by atoms with Crippen molar-refractivity contribution in [1.29, 1.82) is 0 Å². The third-order valence-corrected chi connectivity index (χ3v) is 3.74. The molecule has 0 spiro atoms. The summed E-state index contributed by atoms with van der Waals surface area (Å²) in [5.74, 6) is -0.716. The van der Waals surface area contributed by atoms with Crippen molar-refractivity contribution in [3.05, 3.63) is 48.0 Å². The van der Waals surface area contributed by atoms with E-state index in [0.717, 1.165) is 12.2 Å². The zero-order valence-corrected chi connectivity index (χ0v) is 11.0. The molecular formula is C12H12N2O4S. The van der Waals surface area contributed by atoms with Crippen LogP contribution in [0.3, 0.4) is 0 Å². The van der Waals surface area contributed by atoms with Crippen molar-refractivity contribution in [2.45, 2.75) is 11.8 Å². The van der Waals surface area contributed by atoms with Gasteiger partial charge in [-0.2, -0.15) is 4.79 Å². The zero-order chi connectivity index (χ0) is 14.3. The van der Waals surface area contributed by atoms with Gasteiger partial charge in [-0.25, -0.2) is 13.2 Å². The fourth-order valence-electron chi connectivity index (χ4n) is 1.23. The maximum absolute atomic E-state index is 12.0. The van der Waals surface area contributed by atoms with E-state index in [2.05, 4.69) is 9.53 Å². The summed E-state index contributed by atoms with van der Waals surface area (Å²) in [6.07, 6.45) is 1.78. The lowest BCUT2D eigenvalue weighted by molar-refractivity contribution is -0.137. The van der Waals surface area contributed by atoms with Gasteiger partial charge in [-0.05, 0) is 19.1 Å². The van der Waals surface area contributed by atoms with Crippen LogP contribution in [-0.4, -0.2) is 30.8 Å². The van der Waals surface area contributed by atoms with Crippen molar-refractivity contribution in [1.82, 2.24) is 0 Å². The number of carbonyl (C=O) groups is 1. The number of nitrogens with zero attached hydrogens (tertiary/aromatic N) is 2. The van der Waals surface area contributed by atoms with Crippen molar-refractivity contribution in [3.8, 4) is 0 Å². The average Bonchev–Trinajstić information content (AvgIpc) is 2.40. The third kappa shape index (κ3) is 3.87. The SMILES string of the molecule is CCOC(=O)/C=C/C(=[N+]=[N-])S(=O)(=O)c1ccccc1. The highest BCUT2D eigenvalue weighted by Crippen LogP contribution is 2.11. The molecule has 19 heavy (non-hydrogen) atoms. The van der Waals surface area contributed by atoms with Gasteiger partial charge < -0.3 is 10.3 Å². The number of ether oxygens (including phenoxy) is 1. The molecule has 0 heterocycles. The summed E-state index contributed by atoms with van der Waals surface area (Å²) >= 11 is 0. The topological polar surface area (TPSA) is 96.8 Å². The smallest absolute Gasteiger partial charge is 0.409 e. The number of hydrogen-bond acceptors (Lipinski definition) is 4. The van der Waals surface area contributed by atoms with Gasteiger partial charge in [0.15, 0.2) is 0 Å². The molecule has 0 atom stereocenters. The molecule has 1 aromatic carbocycles. The van der Waals surface area contributed by atoms with E-state index in [1.807, 2.05) is 0 Å². The maximum Gasteiger partial charge on any atom is 0.409 e. The van der Waals surface area contributed by atoms with Crippen LogP contribution < -0.4 is 0 Å². The summed E-state index contributed by atoms with van der Waals surface area (Å²) in [5.41, 5.74) is 8.77. The van der Waals surface area contributed by atoms with Crippen molar-refractivity contribution < 1.29 is 22.7 Å². The molecule has 6 nitrogen and oxygen atoms in total. The minimum Gasteiger partial charge on any atom is -0.463 e. The molecule has 0 radical (unpaired) electrons. The normalized spacial score (nSPS) is 11.0. The van der Waals surface area contributed by atoms with Crippen molar-refractivity contribution >= 4 is 20.9 Å². The molecule has 1 rings (SSSR count). The summed E-state index contributed by atoms with van der Waals surface area (Å²) in [6, 6.07) is 7.45. The van der Waals surface area contributed by atoms with Gasteiger partial charge >= 0.3 is 11.0 Å². The molecule has 0 fully saturated rings. The van der Waals surface area contributed by atoms with E-state index in [9.17, 15) is 13.2 Å². The predicted octanol–water partition coefficient (Wildman–Crippen LogP) is 1.21. The molecule has 0 N–H and O–H groups in total. The third-order valence-electron chi connectivity index (χ3n) is 2.08. The second-order valence-corrected chi connectivity index (χ2v) is 5.24. The van der Waals surface area contributed by atoms with Crippen LogP contribution in [0.4, 0.5) is 0 Å². The highest BCUT2D eigenvalue weighted by Gasteiger charge is 2.27. The Hall–Kier alpha value is -2.24. The molecule has 0 bridgehead atoms. The first-order valence-corrected chi connectivity index (χ1v) is 6.87. The van der Waals surface area contributed by atoms with Gasteiger partial charge in [0.2, 0.25) is 0 Å². The molecule has 0 aromatic heterocycles. The molecule has 0 amide bonds. The van der Waals surface area contributed by atoms with E-state index >= 15 is 0 Å². The molecule has 0 saturated carbocycles. The molecule has 0 aliphatic carbocycles. The molecule has 1 aromatic rings. The maximum atomic E-state index is 12.0. The monoisotopic (exact) mass is 280 g/mol. The molecule has 0 aliphatic rings. The molecular weight excluding hydrogens is 268 g/mol. The fourth-order valence-corrected chi connectivity index (χ4v) is 2.34. The summed E-state index contributed by atoms with van der Waals surface area (Å²) < 4.78 is 28.7. The van der Waals surface area contributed by atoms with Crippen LogP contribution in [0.25, 0.3) is 5.53 Å². The first-order chi connectivity index (χ1) is 9.02. The van der Waals surface area contributed by atoms with Crippen LogP contribution in [0.2, 0.25) is 0 Å². The number of carbonyl (C=O) groups excluding carboxylic acids is 1. The lowest BCUT2D eigenvalue weighted by Gasteiger charge is -1.97. The van der Waals surface area contributed by atoms with Gasteiger partial charge in [0.1, 0.15) is 0 Å². The Morgan fingerprint density at radius 1 is 1.32 bits per heavy atom. The van der Waals surface area contributed by atoms with Gasteiger partial charge in [0, 0.05) is 12.2 Å². The Bertz CT molecular complexity index is 629. The summed E-state index contributed by atoms with van der Waals surface area (Å²) in [7, 11) is -3.96. The molecule has 7 heteroatoms. The predicted molar refractivity (Wildman–Crippen MR) is 68.0 cm³/mol. The van der Waals surface area contributed by atoms with Crippen molar-refractivity contribution in [3.63, 3.8) is 0 Å². The highest BCUT2D eigenvalue weighted by molar-refractivity contribution is 8.06. The van der Waals surface area contributed by atoms with Gasteiger partial charge in [-0.3, -0.25) is 0 Å². The largest absolute Gasteiger partial charge is 0.463 e. The van der Waals surface area contributed by atoms with Gasteiger partial charge in [-0.1, -0.05) is 18.2 Å². The zero-order valence-electron chi connectivity index (χ0n) is 10.2. The van der Waals surface area contributed by atoms with Crippen LogP contribution in [-0.2, 0) is 19.4 Å². The first kappa shape index (κ1) is 14.8. The molecule has 0 saturated heterocycles. The molecule has 100 valence electrons. The fraction of sp³-hybridized carbons (Fsp3) is 0.167. The Morgan fingerprint density at radius 2 is 1.95 bits per heavy atom. The summed E-state index contributed by atoms with van der Waals surface area (Å²) in [5, 5.41) is -0.633. The Balaban J connectivity index is 3.06. The average molecular weight is 280 g/mol. The van der Waals surface area contributed by atoms with Gasteiger partial charge in [0.25, 0.3) is 9.84 Å². The van der Waals surface area contributed by atoms with E-state index < -0.39 is 20.9 Å². The van der Waals surface area contributed by atoms with Gasteiger partial charge in [0.05, 0.1) is 11.5 Å². The number of rotatable bonds is 4. The van der Waals surface area contributed by atoms with Crippen LogP contribution >= 0.6 is 0 Å². The van der Waals surface area contributed by atoms with Gasteiger partial charge in [-0.15, -0.1) is 0 Å². The number of hydrogen-bond donors (Lipinski definition) is 0. The lowest BCUT2D eigenvalue weighted by Crippen LogP contribution is -2.14.